The van der Waals surface area contributed by atoms with Crippen LogP contribution in [0, 0.1) is 6.92 Å². The summed E-state index contributed by atoms with van der Waals surface area (Å²) in [5, 5.41) is 6.24. The molecule has 0 saturated carbocycles. The molecule has 1 aromatic heterocycles. The third-order valence-corrected chi connectivity index (χ3v) is 8.95. The van der Waals surface area contributed by atoms with Crippen molar-refractivity contribution in [2.24, 2.45) is 0 Å². The summed E-state index contributed by atoms with van der Waals surface area (Å²) in [5.41, 5.74) is 3.56. The number of likely N-dealkylation sites (tertiary alicyclic amines) is 1. The maximum Gasteiger partial charge on any atom is 0.256 e. The van der Waals surface area contributed by atoms with Crippen LogP contribution in [0.3, 0.4) is 0 Å². The molecule has 3 heterocycles. The highest BCUT2D eigenvalue weighted by molar-refractivity contribution is 7.90. The van der Waals surface area contributed by atoms with Gasteiger partial charge in [-0.1, -0.05) is 23.7 Å². The van der Waals surface area contributed by atoms with E-state index < -0.39 is 9.84 Å². The molecule has 1 saturated heterocycles. The molecule has 0 spiro atoms. The van der Waals surface area contributed by atoms with Gasteiger partial charge in [0.15, 0.2) is 9.84 Å². The lowest BCUT2D eigenvalue weighted by atomic mass is 10.0. The van der Waals surface area contributed by atoms with Gasteiger partial charge < -0.3 is 20.5 Å². The zero-order valence-corrected chi connectivity index (χ0v) is 23.3. The van der Waals surface area contributed by atoms with Crippen molar-refractivity contribution in [3.8, 4) is 0 Å². The molecule has 39 heavy (non-hydrogen) atoms. The average molecular weight is 567 g/mol. The van der Waals surface area contributed by atoms with E-state index in [1.807, 2.05) is 6.92 Å². The molecule has 0 atom stereocenters. The zero-order chi connectivity index (χ0) is 27.6. The van der Waals surface area contributed by atoms with Crippen LogP contribution in [0.1, 0.15) is 52.1 Å². The quantitative estimate of drug-likeness (QED) is 0.258. The van der Waals surface area contributed by atoms with Crippen molar-refractivity contribution in [2.45, 2.75) is 36.8 Å². The number of carbonyl (C=O) groups excluding carboxylic acids is 2. The second-order valence-electron chi connectivity index (χ2n) is 10.0. The van der Waals surface area contributed by atoms with Crippen LogP contribution < -0.4 is 10.6 Å². The largest absolute Gasteiger partial charge is 0.358 e. The Hall–Kier alpha value is -3.40. The highest BCUT2D eigenvalue weighted by Crippen LogP contribution is 2.36. The van der Waals surface area contributed by atoms with Gasteiger partial charge in [0.1, 0.15) is 0 Å². The van der Waals surface area contributed by atoms with E-state index in [2.05, 4.69) is 20.5 Å². The van der Waals surface area contributed by atoms with Crippen molar-refractivity contribution in [2.75, 3.05) is 31.5 Å². The fraction of sp³-hybridized carbons (Fsp3) is 0.310. The molecular weight excluding hydrogens is 536 g/mol. The molecule has 10 heteroatoms. The third kappa shape index (κ3) is 6.27. The molecule has 2 amide bonds. The van der Waals surface area contributed by atoms with Gasteiger partial charge in [-0.15, -0.1) is 0 Å². The molecule has 2 aliphatic heterocycles. The van der Waals surface area contributed by atoms with Gasteiger partial charge in [-0.3, -0.25) is 9.59 Å². The molecule has 0 bridgehead atoms. The number of nitrogens with zero attached hydrogens (tertiary/aromatic N) is 1. The van der Waals surface area contributed by atoms with E-state index in [4.69, 9.17) is 11.6 Å². The van der Waals surface area contributed by atoms with Crippen LogP contribution in [0.25, 0.3) is 11.6 Å². The van der Waals surface area contributed by atoms with Gasteiger partial charge in [0, 0.05) is 28.5 Å². The molecule has 8 nitrogen and oxygen atoms in total. The predicted octanol–water partition coefficient (Wildman–Crippen LogP) is 4.66. The number of carbonyl (C=O) groups is 2. The fourth-order valence-corrected chi connectivity index (χ4v) is 6.67. The van der Waals surface area contributed by atoms with Crippen LogP contribution in [0.4, 0.5) is 5.69 Å². The Labute approximate surface area is 233 Å². The minimum absolute atomic E-state index is 0.0993. The minimum atomic E-state index is -3.70. The smallest absolute Gasteiger partial charge is 0.256 e. The molecule has 2 aliphatic rings. The van der Waals surface area contributed by atoms with Gasteiger partial charge in [0.25, 0.3) is 11.8 Å². The van der Waals surface area contributed by atoms with Crippen LogP contribution >= 0.6 is 11.6 Å². The maximum absolute atomic E-state index is 13.2. The van der Waals surface area contributed by atoms with Crippen molar-refractivity contribution >= 4 is 50.6 Å². The van der Waals surface area contributed by atoms with E-state index in [0.717, 1.165) is 31.7 Å². The number of hydrogen-bond donors (Lipinski definition) is 3. The Bertz CT molecular complexity index is 1550. The number of amides is 2. The molecule has 0 unspecified atom stereocenters. The monoisotopic (exact) mass is 566 g/mol. The van der Waals surface area contributed by atoms with E-state index in [9.17, 15) is 18.0 Å². The van der Waals surface area contributed by atoms with Crippen LogP contribution in [0.5, 0.6) is 0 Å². The maximum atomic E-state index is 13.2. The normalized spacial score (nSPS) is 16.5. The standard InChI is InChI=1S/C29H31ClN4O4S/c1-19-14-25(28(35)31-10-5-13-34-11-2-3-12-34)27(32-19)17-24-23-16-22(8-9-26(23)33-29(24)36)39(37,38)18-20-6-4-7-21(30)15-20/h4,6-9,14-17,32H,2-3,5,10-13,18H2,1H3,(H,31,35)(H,33,36)/b24-17-. The molecule has 0 aliphatic carbocycles. The van der Waals surface area contributed by atoms with Gasteiger partial charge in [-0.2, -0.15) is 0 Å². The number of fused-ring (bicyclic) bond motifs is 1. The summed E-state index contributed by atoms with van der Waals surface area (Å²) >= 11 is 6.03. The van der Waals surface area contributed by atoms with Crippen LogP contribution in [0.15, 0.2) is 53.4 Å². The second kappa shape index (κ2) is 11.4. The van der Waals surface area contributed by atoms with Crippen LogP contribution in [-0.4, -0.2) is 56.3 Å². The third-order valence-electron chi connectivity index (χ3n) is 7.03. The van der Waals surface area contributed by atoms with Crippen LogP contribution in [-0.2, 0) is 20.4 Å². The number of aryl methyl sites for hydroxylation is 1. The number of nitrogens with one attached hydrogen (secondary N) is 3. The molecule has 204 valence electrons. The van der Waals surface area contributed by atoms with E-state index in [1.165, 1.54) is 25.0 Å². The molecule has 3 N–H and O–H groups in total. The zero-order valence-electron chi connectivity index (χ0n) is 21.7. The number of H-pyrrole nitrogens is 1. The van der Waals surface area contributed by atoms with Gasteiger partial charge in [-0.25, -0.2) is 8.42 Å². The molecule has 5 rings (SSSR count). The molecular formula is C29H31ClN4O4S. The molecule has 0 radical (unpaired) electrons. The Morgan fingerprint density at radius 2 is 1.92 bits per heavy atom. The fourth-order valence-electron chi connectivity index (χ4n) is 5.10. The highest BCUT2D eigenvalue weighted by atomic mass is 35.5. The van der Waals surface area contributed by atoms with Crippen molar-refractivity contribution in [1.29, 1.82) is 0 Å². The van der Waals surface area contributed by atoms with Crippen molar-refractivity contribution in [3.63, 3.8) is 0 Å². The van der Waals surface area contributed by atoms with Crippen molar-refractivity contribution in [3.05, 3.63) is 81.6 Å². The molecule has 3 aromatic rings. The van der Waals surface area contributed by atoms with E-state index >= 15 is 0 Å². The summed E-state index contributed by atoms with van der Waals surface area (Å²) in [6, 6.07) is 13.1. The summed E-state index contributed by atoms with van der Waals surface area (Å²) in [5.74, 6) is -0.798. The molecule has 1 fully saturated rings. The first-order chi connectivity index (χ1) is 18.7. The lowest BCUT2D eigenvalue weighted by Gasteiger charge is -2.14. The topological polar surface area (TPSA) is 111 Å². The molecule has 2 aromatic carbocycles. The number of rotatable bonds is 9. The van der Waals surface area contributed by atoms with Crippen LogP contribution in [0.2, 0.25) is 5.02 Å². The highest BCUT2D eigenvalue weighted by Gasteiger charge is 2.28. The van der Waals surface area contributed by atoms with Gasteiger partial charge in [-0.05, 0) is 93.9 Å². The SMILES string of the molecule is Cc1cc(C(=O)NCCCN2CCCC2)c(/C=C2\C(=O)Nc3ccc(S(=O)(=O)Cc4cccc(Cl)c4)cc32)[nH]1. The van der Waals surface area contributed by atoms with Gasteiger partial charge in [0.2, 0.25) is 0 Å². The summed E-state index contributed by atoms with van der Waals surface area (Å²) in [6.45, 7) is 5.61. The van der Waals surface area contributed by atoms with Crippen molar-refractivity contribution in [1.82, 2.24) is 15.2 Å². The summed E-state index contributed by atoms with van der Waals surface area (Å²) in [6.07, 6.45) is 4.95. The van der Waals surface area contributed by atoms with E-state index in [1.54, 1.807) is 42.5 Å². The number of aromatic nitrogens is 1. The Balaban J connectivity index is 1.36. The Kier molecular flexibility index (Phi) is 7.93. The number of hydrogen-bond acceptors (Lipinski definition) is 5. The summed E-state index contributed by atoms with van der Waals surface area (Å²) in [7, 11) is -3.70. The van der Waals surface area contributed by atoms with E-state index in [-0.39, 0.29) is 28.0 Å². The van der Waals surface area contributed by atoms with E-state index in [0.29, 0.717) is 39.6 Å². The first kappa shape index (κ1) is 27.2. The number of halogens is 1. The minimum Gasteiger partial charge on any atom is -0.358 e. The number of sulfone groups is 1. The summed E-state index contributed by atoms with van der Waals surface area (Å²) < 4.78 is 26.4. The first-order valence-corrected chi connectivity index (χ1v) is 15.1. The van der Waals surface area contributed by atoms with Crippen molar-refractivity contribution < 1.29 is 18.0 Å². The van der Waals surface area contributed by atoms with Gasteiger partial charge in [0.05, 0.1) is 27.5 Å². The first-order valence-electron chi connectivity index (χ1n) is 13.0. The van der Waals surface area contributed by atoms with Gasteiger partial charge >= 0.3 is 0 Å². The Morgan fingerprint density at radius 1 is 1.13 bits per heavy atom. The number of aromatic amines is 1. The lowest BCUT2D eigenvalue weighted by Crippen LogP contribution is -2.28. The summed E-state index contributed by atoms with van der Waals surface area (Å²) in [4.78, 5) is 31.6. The predicted molar refractivity (Wildman–Crippen MR) is 153 cm³/mol. The second-order valence-corrected chi connectivity index (χ2v) is 12.5. The lowest BCUT2D eigenvalue weighted by molar-refractivity contribution is -0.110. The number of anilines is 1. The Morgan fingerprint density at radius 3 is 2.69 bits per heavy atom. The number of benzene rings is 2. The average Bonchev–Trinajstić information content (AvgIpc) is 3.61.